The lowest BCUT2D eigenvalue weighted by Crippen LogP contribution is -2.15. The highest BCUT2D eigenvalue weighted by molar-refractivity contribution is 6.04. The molecule has 1 N–H and O–H groups in total. The summed E-state index contributed by atoms with van der Waals surface area (Å²) in [5, 5.41) is 2.60. The third-order valence-corrected chi connectivity index (χ3v) is 3.77. The van der Waals surface area contributed by atoms with Crippen molar-refractivity contribution in [2.45, 2.75) is 13.5 Å². The standard InChI is InChI=1S/C20H17FN2O2/c1-14-7-2-3-8-15(14)13-25-18-11-6-12-22-19(18)23-20(24)16-9-4-5-10-17(16)21/h2-12H,13H2,1H3,(H,22,23,24). The molecule has 0 bridgehead atoms. The number of halogens is 1. The Balaban J connectivity index is 1.76. The number of hydrogen-bond donors (Lipinski definition) is 1. The van der Waals surface area contributed by atoms with E-state index in [1.54, 1.807) is 18.2 Å². The Bertz CT molecular complexity index is 896. The maximum Gasteiger partial charge on any atom is 0.259 e. The van der Waals surface area contributed by atoms with Gasteiger partial charge >= 0.3 is 0 Å². The molecule has 0 unspecified atom stereocenters. The lowest BCUT2D eigenvalue weighted by Gasteiger charge is -2.12. The summed E-state index contributed by atoms with van der Waals surface area (Å²) in [7, 11) is 0. The first-order chi connectivity index (χ1) is 12.1. The van der Waals surface area contributed by atoms with Gasteiger partial charge in [-0.1, -0.05) is 36.4 Å². The number of carbonyl (C=O) groups excluding carboxylic acids is 1. The van der Waals surface area contributed by atoms with Crippen LogP contribution in [0.1, 0.15) is 21.5 Å². The van der Waals surface area contributed by atoms with Crippen LogP contribution in [0.25, 0.3) is 0 Å². The summed E-state index contributed by atoms with van der Waals surface area (Å²) in [6, 6.07) is 17.1. The third-order valence-electron chi connectivity index (χ3n) is 3.77. The molecule has 0 aliphatic heterocycles. The van der Waals surface area contributed by atoms with Gasteiger partial charge < -0.3 is 10.1 Å². The summed E-state index contributed by atoms with van der Waals surface area (Å²) < 4.78 is 19.5. The van der Waals surface area contributed by atoms with Crippen LogP contribution in [0.2, 0.25) is 0 Å². The number of anilines is 1. The summed E-state index contributed by atoms with van der Waals surface area (Å²) in [4.78, 5) is 16.4. The number of amides is 1. The number of ether oxygens (including phenoxy) is 1. The Morgan fingerprint density at radius 1 is 1.08 bits per heavy atom. The van der Waals surface area contributed by atoms with E-state index < -0.39 is 11.7 Å². The third kappa shape index (κ3) is 4.01. The van der Waals surface area contributed by atoms with Crippen LogP contribution < -0.4 is 10.1 Å². The Hall–Kier alpha value is -3.21. The van der Waals surface area contributed by atoms with Gasteiger partial charge in [-0.05, 0) is 42.3 Å². The average Bonchev–Trinajstić information content (AvgIpc) is 2.62. The minimum Gasteiger partial charge on any atom is -0.485 e. The first kappa shape index (κ1) is 16.6. The second-order valence-corrected chi connectivity index (χ2v) is 5.50. The van der Waals surface area contributed by atoms with E-state index in [9.17, 15) is 9.18 Å². The minimum absolute atomic E-state index is 0.0435. The van der Waals surface area contributed by atoms with Gasteiger partial charge in [0.15, 0.2) is 11.6 Å². The van der Waals surface area contributed by atoms with Crippen LogP contribution in [0.4, 0.5) is 10.2 Å². The van der Waals surface area contributed by atoms with E-state index in [2.05, 4.69) is 10.3 Å². The smallest absolute Gasteiger partial charge is 0.259 e. The Morgan fingerprint density at radius 2 is 1.84 bits per heavy atom. The summed E-state index contributed by atoms with van der Waals surface area (Å²) >= 11 is 0. The fraction of sp³-hybridized carbons (Fsp3) is 0.100. The molecule has 0 aliphatic rings. The lowest BCUT2D eigenvalue weighted by molar-refractivity contribution is 0.102. The van der Waals surface area contributed by atoms with Crippen molar-refractivity contribution in [1.82, 2.24) is 4.98 Å². The summed E-state index contributed by atoms with van der Waals surface area (Å²) in [5.74, 6) is -0.476. The molecule has 3 rings (SSSR count). The molecule has 1 amide bonds. The zero-order chi connectivity index (χ0) is 17.6. The van der Waals surface area contributed by atoms with Gasteiger partial charge in [0.25, 0.3) is 5.91 Å². The highest BCUT2D eigenvalue weighted by Gasteiger charge is 2.14. The van der Waals surface area contributed by atoms with Gasteiger partial charge in [-0.15, -0.1) is 0 Å². The zero-order valence-corrected chi connectivity index (χ0v) is 13.7. The quantitative estimate of drug-likeness (QED) is 0.753. The maximum absolute atomic E-state index is 13.7. The van der Waals surface area contributed by atoms with E-state index >= 15 is 0 Å². The number of rotatable bonds is 5. The first-order valence-electron chi connectivity index (χ1n) is 7.83. The molecule has 0 aliphatic carbocycles. The normalized spacial score (nSPS) is 10.3. The zero-order valence-electron chi connectivity index (χ0n) is 13.7. The minimum atomic E-state index is -0.585. The van der Waals surface area contributed by atoms with E-state index in [0.717, 1.165) is 11.1 Å². The summed E-state index contributed by atoms with van der Waals surface area (Å²) in [6.07, 6.45) is 1.54. The molecule has 0 saturated carbocycles. The Morgan fingerprint density at radius 3 is 2.64 bits per heavy atom. The Labute approximate surface area is 145 Å². The van der Waals surface area contributed by atoms with Crippen LogP contribution in [-0.2, 0) is 6.61 Å². The highest BCUT2D eigenvalue weighted by Crippen LogP contribution is 2.23. The van der Waals surface area contributed by atoms with Crippen molar-refractivity contribution in [1.29, 1.82) is 0 Å². The summed E-state index contributed by atoms with van der Waals surface area (Å²) in [5.41, 5.74) is 2.11. The topological polar surface area (TPSA) is 51.2 Å². The van der Waals surface area contributed by atoms with E-state index in [4.69, 9.17) is 4.74 Å². The molecule has 3 aromatic rings. The summed E-state index contributed by atoms with van der Waals surface area (Å²) in [6.45, 7) is 2.35. The number of aromatic nitrogens is 1. The van der Waals surface area contributed by atoms with Crippen molar-refractivity contribution in [3.8, 4) is 5.75 Å². The fourth-order valence-corrected chi connectivity index (χ4v) is 2.35. The average molecular weight is 336 g/mol. The van der Waals surface area contributed by atoms with Crippen molar-refractivity contribution in [3.63, 3.8) is 0 Å². The molecule has 1 aromatic heterocycles. The van der Waals surface area contributed by atoms with Crippen LogP contribution in [0.3, 0.4) is 0 Å². The number of nitrogens with one attached hydrogen (secondary N) is 1. The van der Waals surface area contributed by atoms with Gasteiger partial charge in [-0.3, -0.25) is 4.79 Å². The molecular weight excluding hydrogens is 319 g/mol. The van der Waals surface area contributed by atoms with Crippen molar-refractivity contribution >= 4 is 11.7 Å². The molecule has 0 radical (unpaired) electrons. The van der Waals surface area contributed by atoms with Gasteiger partial charge in [0, 0.05) is 6.20 Å². The number of hydrogen-bond acceptors (Lipinski definition) is 3. The van der Waals surface area contributed by atoms with Crippen molar-refractivity contribution in [3.05, 3.63) is 89.4 Å². The SMILES string of the molecule is Cc1ccccc1COc1cccnc1NC(=O)c1ccccc1F. The molecule has 0 fully saturated rings. The van der Waals surface area contributed by atoms with E-state index in [1.807, 2.05) is 31.2 Å². The molecule has 0 saturated heterocycles. The molecule has 5 heteroatoms. The van der Waals surface area contributed by atoms with Crippen LogP contribution in [0, 0.1) is 12.7 Å². The second kappa shape index (κ2) is 7.57. The van der Waals surface area contributed by atoms with Crippen LogP contribution in [-0.4, -0.2) is 10.9 Å². The Kier molecular flexibility index (Phi) is 5.04. The van der Waals surface area contributed by atoms with Gasteiger partial charge in [0.2, 0.25) is 0 Å². The van der Waals surface area contributed by atoms with Crippen LogP contribution in [0.15, 0.2) is 66.9 Å². The number of nitrogens with zero attached hydrogens (tertiary/aromatic N) is 1. The predicted octanol–water partition coefficient (Wildman–Crippen LogP) is 4.36. The fourth-order valence-electron chi connectivity index (χ4n) is 2.35. The van der Waals surface area contributed by atoms with Gasteiger partial charge in [0.1, 0.15) is 12.4 Å². The van der Waals surface area contributed by atoms with Gasteiger partial charge in [0.05, 0.1) is 5.56 Å². The van der Waals surface area contributed by atoms with Crippen LogP contribution >= 0.6 is 0 Å². The van der Waals surface area contributed by atoms with E-state index in [0.29, 0.717) is 12.4 Å². The molecular formula is C20H17FN2O2. The van der Waals surface area contributed by atoms with Crippen LogP contribution in [0.5, 0.6) is 5.75 Å². The van der Waals surface area contributed by atoms with E-state index in [-0.39, 0.29) is 11.4 Å². The number of benzene rings is 2. The van der Waals surface area contributed by atoms with Gasteiger partial charge in [-0.25, -0.2) is 9.37 Å². The number of pyridine rings is 1. The second-order valence-electron chi connectivity index (χ2n) is 5.50. The van der Waals surface area contributed by atoms with Crippen molar-refractivity contribution in [2.24, 2.45) is 0 Å². The van der Waals surface area contributed by atoms with E-state index in [1.165, 1.54) is 24.4 Å². The van der Waals surface area contributed by atoms with Gasteiger partial charge in [-0.2, -0.15) is 0 Å². The maximum atomic E-state index is 13.7. The van der Waals surface area contributed by atoms with Crippen molar-refractivity contribution < 1.29 is 13.9 Å². The molecule has 126 valence electrons. The number of aryl methyl sites for hydroxylation is 1. The molecule has 25 heavy (non-hydrogen) atoms. The molecule has 0 atom stereocenters. The largest absolute Gasteiger partial charge is 0.485 e. The number of carbonyl (C=O) groups is 1. The monoisotopic (exact) mass is 336 g/mol. The first-order valence-corrected chi connectivity index (χ1v) is 7.83. The van der Waals surface area contributed by atoms with Crippen molar-refractivity contribution in [2.75, 3.05) is 5.32 Å². The molecule has 4 nitrogen and oxygen atoms in total. The molecule has 2 aromatic carbocycles. The lowest BCUT2D eigenvalue weighted by atomic mass is 10.1. The molecule has 1 heterocycles. The predicted molar refractivity (Wildman–Crippen MR) is 94.1 cm³/mol. The highest BCUT2D eigenvalue weighted by atomic mass is 19.1. The molecule has 0 spiro atoms.